The lowest BCUT2D eigenvalue weighted by molar-refractivity contribution is 0.783. The van der Waals surface area contributed by atoms with Crippen molar-refractivity contribution in [2.75, 3.05) is 0 Å². The average Bonchev–Trinajstić information content (AvgIpc) is 2.24. The van der Waals surface area contributed by atoms with Gasteiger partial charge in [0, 0.05) is 18.2 Å². The summed E-state index contributed by atoms with van der Waals surface area (Å²) in [4.78, 5) is 1.42. The lowest BCUT2D eigenvalue weighted by Crippen LogP contribution is -2.21. The highest BCUT2D eigenvalue weighted by Gasteiger charge is 2.16. The van der Waals surface area contributed by atoms with E-state index in [1.165, 1.54) is 23.8 Å². The van der Waals surface area contributed by atoms with Crippen molar-refractivity contribution in [1.82, 2.24) is 0 Å². The zero-order valence-electron chi connectivity index (χ0n) is 11.0. The summed E-state index contributed by atoms with van der Waals surface area (Å²) in [5, 5.41) is 0.800. The summed E-state index contributed by atoms with van der Waals surface area (Å²) in [7, 11) is -0.867. The van der Waals surface area contributed by atoms with Gasteiger partial charge in [0.2, 0.25) is 0 Å². The molecule has 0 fully saturated rings. The third-order valence-corrected chi connectivity index (χ3v) is 5.95. The first kappa shape index (κ1) is 13.9. The molecule has 0 N–H and O–H groups in total. The maximum Gasteiger partial charge on any atom is 0.0443 e. The van der Waals surface area contributed by atoms with E-state index in [1.54, 1.807) is 0 Å². The second-order valence-electron chi connectivity index (χ2n) is 5.56. The van der Waals surface area contributed by atoms with Gasteiger partial charge < -0.3 is 0 Å². The molecule has 0 aliphatic carbocycles. The number of hydrogen-bond donors (Lipinski definition) is 0. The van der Waals surface area contributed by atoms with Crippen LogP contribution < -0.4 is 0 Å². The van der Waals surface area contributed by atoms with Crippen LogP contribution in [0.2, 0.25) is 25.7 Å². The first-order valence-corrected chi connectivity index (χ1v) is 10.8. The van der Waals surface area contributed by atoms with E-state index in [0.29, 0.717) is 0 Å². The van der Waals surface area contributed by atoms with Gasteiger partial charge in [-0.05, 0) is 25.0 Å². The third kappa shape index (κ3) is 5.76. The zero-order chi connectivity index (χ0) is 12.0. The monoisotopic (exact) mass is 252 g/mol. The lowest BCUT2D eigenvalue weighted by atomic mass is 10.3. The summed E-state index contributed by atoms with van der Waals surface area (Å²) < 4.78 is 0. The molecule has 0 aliphatic rings. The van der Waals surface area contributed by atoms with Crippen molar-refractivity contribution >= 4 is 19.8 Å². The molecule has 0 aliphatic heterocycles. The fourth-order valence-electron chi connectivity index (χ4n) is 1.63. The van der Waals surface area contributed by atoms with Crippen LogP contribution in [0, 0.1) is 0 Å². The molecule has 1 rings (SSSR count). The van der Waals surface area contributed by atoms with E-state index in [0.717, 1.165) is 5.25 Å². The minimum absolute atomic E-state index is 0.800. The molecule has 1 aromatic carbocycles. The number of thioether (sulfide) groups is 1. The highest BCUT2D eigenvalue weighted by atomic mass is 32.2. The number of hydrogen-bond acceptors (Lipinski definition) is 1. The fourth-order valence-corrected chi connectivity index (χ4v) is 4.16. The molecule has 16 heavy (non-hydrogen) atoms. The summed E-state index contributed by atoms with van der Waals surface area (Å²) in [6, 6.07) is 12.3. The van der Waals surface area contributed by atoms with Gasteiger partial charge in [0.05, 0.1) is 0 Å². The molecule has 1 atom stereocenters. The maximum atomic E-state index is 2.47. The number of rotatable bonds is 6. The summed E-state index contributed by atoms with van der Waals surface area (Å²) in [6.07, 6.45) is 2.66. The predicted molar refractivity (Wildman–Crippen MR) is 79.1 cm³/mol. The van der Waals surface area contributed by atoms with Gasteiger partial charge in [-0.25, -0.2) is 0 Å². The molecule has 0 nitrogen and oxygen atoms in total. The maximum absolute atomic E-state index is 2.47. The van der Waals surface area contributed by atoms with Crippen molar-refractivity contribution in [3.05, 3.63) is 30.3 Å². The van der Waals surface area contributed by atoms with Crippen LogP contribution in [-0.2, 0) is 0 Å². The van der Waals surface area contributed by atoms with Crippen LogP contribution in [0.15, 0.2) is 35.2 Å². The second-order valence-corrected chi connectivity index (χ2v) is 12.6. The summed E-state index contributed by atoms with van der Waals surface area (Å²) >= 11 is 2.05. The molecule has 0 amide bonds. The molecule has 0 aromatic heterocycles. The van der Waals surface area contributed by atoms with E-state index in [2.05, 4.69) is 68.7 Å². The molecule has 2 heteroatoms. The Hall–Kier alpha value is -0.213. The van der Waals surface area contributed by atoms with Crippen molar-refractivity contribution in [2.45, 2.75) is 55.6 Å². The molecule has 90 valence electrons. The summed E-state index contributed by atoms with van der Waals surface area (Å²) in [5.41, 5.74) is 0. The lowest BCUT2D eigenvalue weighted by Gasteiger charge is -2.20. The standard InChI is InChI=1S/C14H24SSi/c1-5-13(11-12-16(2,3)4)15-14-9-7-6-8-10-14/h6-10,13H,5,11-12H2,1-4H3. The minimum Gasteiger partial charge on any atom is -0.123 e. The Labute approximate surface area is 106 Å². The van der Waals surface area contributed by atoms with Crippen LogP contribution in [0.4, 0.5) is 0 Å². The average molecular weight is 252 g/mol. The van der Waals surface area contributed by atoms with Gasteiger partial charge in [0.25, 0.3) is 0 Å². The van der Waals surface area contributed by atoms with E-state index >= 15 is 0 Å². The van der Waals surface area contributed by atoms with Gasteiger partial charge in [0.1, 0.15) is 0 Å². The second kappa shape index (κ2) is 6.50. The van der Waals surface area contributed by atoms with Crippen LogP contribution in [0.25, 0.3) is 0 Å². The summed E-state index contributed by atoms with van der Waals surface area (Å²) in [5.74, 6) is 0. The van der Waals surface area contributed by atoms with E-state index in [9.17, 15) is 0 Å². The Balaban J connectivity index is 2.44. The molecule has 0 spiro atoms. The fraction of sp³-hybridized carbons (Fsp3) is 0.571. The van der Waals surface area contributed by atoms with Gasteiger partial charge >= 0.3 is 0 Å². The Morgan fingerprint density at radius 1 is 1.12 bits per heavy atom. The van der Waals surface area contributed by atoms with Crippen LogP contribution in [0.3, 0.4) is 0 Å². The van der Waals surface area contributed by atoms with Gasteiger partial charge in [-0.2, -0.15) is 0 Å². The molecule has 0 saturated carbocycles. The van der Waals surface area contributed by atoms with Crippen LogP contribution >= 0.6 is 11.8 Å². The predicted octanol–water partition coefficient (Wildman–Crippen LogP) is 5.29. The Kier molecular flexibility index (Phi) is 5.63. The first-order chi connectivity index (χ1) is 7.51. The van der Waals surface area contributed by atoms with Gasteiger partial charge in [-0.15, -0.1) is 11.8 Å². The highest BCUT2D eigenvalue weighted by Crippen LogP contribution is 2.29. The Bertz CT molecular complexity index is 289. The molecular weight excluding hydrogens is 228 g/mol. The van der Waals surface area contributed by atoms with Crippen LogP contribution in [0.1, 0.15) is 19.8 Å². The molecular formula is C14H24SSi. The SMILES string of the molecule is CCC(CC[Si](C)(C)C)Sc1ccccc1. The van der Waals surface area contributed by atoms with E-state index in [4.69, 9.17) is 0 Å². The first-order valence-electron chi connectivity index (χ1n) is 6.23. The van der Waals surface area contributed by atoms with Crippen molar-refractivity contribution < 1.29 is 0 Å². The molecule has 1 aromatic rings. The van der Waals surface area contributed by atoms with Gasteiger partial charge in [-0.1, -0.05) is 50.8 Å². The third-order valence-electron chi connectivity index (χ3n) is 2.72. The molecule has 1 unspecified atom stereocenters. The van der Waals surface area contributed by atoms with Crippen molar-refractivity contribution in [2.24, 2.45) is 0 Å². The van der Waals surface area contributed by atoms with E-state index < -0.39 is 8.07 Å². The molecule has 0 heterocycles. The topological polar surface area (TPSA) is 0 Å². The normalized spacial score (nSPS) is 13.8. The van der Waals surface area contributed by atoms with E-state index in [1.807, 2.05) is 0 Å². The summed E-state index contributed by atoms with van der Waals surface area (Å²) in [6.45, 7) is 9.71. The van der Waals surface area contributed by atoms with Crippen LogP contribution in [0.5, 0.6) is 0 Å². The largest absolute Gasteiger partial charge is 0.123 e. The Morgan fingerprint density at radius 3 is 2.25 bits per heavy atom. The number of benzene rings is 1. The minimum atomic E-state index is -0.867. The van der Waals surface area contributed by atoms with E-state index in [-0.39, 0.29) is 0 Å². The molecule has 0 bridgehead atoms. The smallest absolute Gasteiger partial charge is 0.0443 e. The quantitative estimate of drug-likeness (QED) is 0.490. The Morgan fingerprint density at radius 2 is 1.75 bits per heavy atom. The van der Waals surface area contributed by atoms with Crippen molar-refractivity contribution in [1.29, 1.82) is 0 Å². The highest BCUT2D eigenvalue weighted by molar-refractivity contribution is 8.00. The van der Waals surface area contributed by atoms with Gasteiger partial charge in [-0.3, -0.25) is 0 Å². The zero-order valence-corrected chi connectivity index (χ0v) is 12.8. The van der Waals surface area contributed by atoms with Gasteiger partial charge in [0.15, 0.2) is 0 Å². The van der Waals surface area contributed by atoms with Crippen LogP contribution in [-0.4, -0.2) is 13.3 Å². The van der Waals surface area contributed by atoms with Crippen molar-refractivity contribution in [3.8, 4) is 0 Å². The molecule has 0 saturated heterocycles. The van der Waals surface area contributed by atoms with Crippen molar-refractivity contribution in [3.63, 3.8) is 0 Å². The molecule has 0 radical (unpaired) electrons.